The van der Waals surface area contributed by atoms with Crippen LogP contribution < -0.4 is 15.6 Å². The molecule has 0 saturated carbocycles. The average Bonchev–Trinajstić information content (AvgIpc) is 2.99. The summed E-state index contributed by atoms with van der Waals surface area (Å²) >= 11 is 0. The van der Waals surface area contributed by atoms with E-state index in [0.29, 0.717) is 29.1 Å². The summed E-state index contributed by atoms with van der Waals surface area (Å²) in [5.74, 6) is 0.418. The Kier molecular flexibility index (Phi) is 4.56. The zero-order valence-electron chi connectivity index (χ0n) is 16.2. The molecule has 5 rings (SSSR count). The number of quaternary nitrogens is 1. The number of H-pyrrole nitrogens is 1. The Morgan fingerprint density at radius 1 is 1.07 bits per heavy atom. The second-order valence-electron chi connectivity index (χ2n) is 7.85. The SMILES string of the molecule is O=c1oc2c(C[NH+]3CCCCCC3)c([O-])ccc2cc1-c1nc2ccccc2[nH]1. The van der Waals surface area contributed by atoms with Gasteiger partial charge in [-0.1, -0.05) is 30.0 Å². The Balaban J connectivity index is 1.58. The fraction of sp³-hybridized carbons (Fsp3) is 0.304. The maximum Gasteiger partial charge on any atom is 0.347 e. The molecule has 6 nitrogen and oxygen atoms in total. The highest BCUT2D eigenvalue weighted by atomic mass is 16.4. The Morgan fingerprint density at radius 2 is 1.86 bits per heavy atom. The predicted octanol–water partition coefficient (Wildman–Crippen LogP) is 2.37. The van der Waals surface area contributed by atoms with Gasteiger partial charge in [-0.05, 0) is 43.9 Å². The number of aromatic nitrogens is 2. The molecular formula is C23H23N3O3. The first-order valence-corrected chi connectivity index (χ1v) is 10.2. The molecule has 0 atom stereocenters. The van der Waals surface area contributed by atoms with Crippen LogP contribution in [0.15, 0.2) is 51.7 Å². The van der Waals surface area contributed by atoms with Gasteiger partial charge >= 0.3 is 5.63 Å². The normalized spacial score (nSPS) is 15.7. The zero-order valence-corrected chi connectivity index (χ0v) is 16.2. The predicted molar refractivity (Wildman–Crippen MR) is 110 cm³/mol. The Labute approximate surface area is 167 Å². The number of likely N-dealkylation sites (tertiary alicyclic amines) is 1. The lowest BCUT2D eigenvalue weighted by Crippen LogP contribution is -3.10. The van der Waals surface area contributed by atoms with Crippen molar-refractivity contribution in [1.82, 2.24) is 9.97 Å². The first-order valence-electron chi connectivity index (χ1n) is 10.2. The maximum absolute atomic E-state index is 12.8. The summed E-state index contributed by atoms with van der Waals surface area (Å²) in [6.45, 7) is 2.71. The molecule has 0 aliphatic carbocycles. The van der Waals surface area contributed by atoms with Gasteiger partial charge in [0.25, 0.3) is 0 Å². The van der Waals surface area contributed by atoms with Crippen LogP contribution in [-0.4, -0.2) is 23.1 Å². The molecule has 2 N–H and O–H groups in total. The van der Waals surface area contributed by atoms with Crippen LogP contribution in [-0.2, 0) is 6.54 Å². The maximum atomic E-state index is 12.8. The third-order valence-corrected chi connectivity index (χ3v) is 5.84. The van der Waals surface area contributed by atoms with Crippen LogP contribution in [0.4, 0.5) is 0 Å². The van der Waals surface area contributed by atoms with Crippen LogP contribution in [0.3, 0.4) is 0 Å². The van der Waals surface area contributed by atoms with E-state index >= 15 is 0 Å². The van der Waals surface area contributed by atoms with Crippen molar-refractivity contribution in [3.8, 4) is 17.1 Å². The second kappa shape index (κ2) is 7.37. The number of aromatic amines is 1. The summed E-state index contributed by atoms with van der Waals surface area (Å²) in [6.07, 6.45) is 4.85. The first-order chi connectivity index (χ1) is 14.2. The van der Waals surface area contributed by atoms with Gasteiger partial charge < -0.3 is 19.4 Å². The van der Waals surface area contributed by atoms with Crippen molar-refractivity contribution >= 4 is 22.0 Å². The van der Waals surface area contributed by atoms with Gasteiger partial charge in [-0.25, -0.2) is 9.78 Å². The summed E-state index contributed by atoms with van der Waals surface area (Å²) in [5, 5.41) is 13.3. The van der Waals surface area contributed by atoms with E-state index in [1.165, 1.54) is 30.6 Å². The molecule has 2 aromatic carbocycles. The highest BCUT2D eigenvalue weighted by molar-refractivity contribution is 5.86. The second-order valence-corrected chi connectivity index (χ2v) is 7.85. The fourth-order valence-electron chi connectivity index (χ4n) is 4.29. The lowest BCUT2D eigenvalue weighted by molar-refractivity contribution is -0.913. The monoisotopic (exact) mass is 389 g/mol. The van der Waals surface area contributed by atoms with Gasteiger partial charge in [-0.3, -0.25) is 0 Å². The average molecular weight is 389 g/mol. The number of rotatable bonds is 3. The Hall–Kier alpha value is -3.12. The number of imidazole rings is 1. The van der Waals surface area contributed by atoms with Gasteiger partial charge in [0.1, 0.15) is 23.5 Å². The first kappa shape index (κ1) is 17.9. The van der Waals surface area contributed by atoms with Crippen molar-refractivity contribution in [3.05, 3.63) is 58.4 Å². The lowest BCUT2D eigenvalue weighted by atomic mass is 10.1. The van der Waals surface area contributed by atoms with Crippen LogP contribution in [0.2, 0.25) is 0 Å². The molecule has 0 bridgehead atoms. The molecular weight excluding hydrogens is 366 g/mol. The number of para-hydroxylation sites is 2. The van der Waals surface area contributed by atoms with E-state index in [0.717, 1.165) is 29.5 Å². The van der Waals surface area contributed by atoms with Crippen molar-refractivity contribution in [2.24, 2.45) is 0 Å². The van der Waals surface area contributed by atoms with Crippen LogP contribution in [0, 0.1) is 0 Å². The number of fused-ring (bicyclic) bond motifs is 2. The molecule has 1 saturated heterocycles. The van der Waals surface area contributed by atoms with Gasteiger partial charge in [0.05, 0.1) is 24.1 Å². The molecule has 0 radical (unpaired) electrons. The summed E-state index contributed by atoms with van der Waals surface area (Å²) in [4.78, 5) is 21.9. The molecule has 2 aromatic heterocycles. The third kappa shape index (κ3) is 3.40. The molecule has 0 amide bonds. The van der Waals surface area contributed by atoms with Crippen LogP contribution in [0.1, 0.15) is 31.2 Å². The minimum atomic E-state index is -0.478. The van der Waals surface area contributed by atoms with Crippen molar-refractivity contribution in [3.63, 3.8) is 0 Å². The van der Waals surface area contributed by atoms with E-state index < -0.39 is 5.63 Å². The molecule has 0 unspecified atom stereocenters. The Bertz CT molecular complexity index is 1200. The minimum absolute atomic E-state index is 0.0612. The standard InChI is InChI=1S/C23H23N3O3/c27-20-10-9-15-13-16(22-24-18-7-3-4-8-19(18)25-22)23(28)29-21(15)17(20)14-26-11-5-1-2-6-12-26/h3-4,7-10,13,27H,1-2,5-6,11-12,14H2,(H,24,25). The molecule has 1 aliphatic heterocycles. The van der Waals surface area contributed by atoms with Crippen molar-refractivity contribution < 1.29 is 14.4 Å². The number of nitrogens with zero attached hydrogens (tertiary/aromatic N) is 1. The molecule has 3 heterocycles. The molecule has 29 heavy (non-hydrogen) atoms. The van der Waals surface area contributed by atoms with Gasteiger partial charge in [0.2, 0.25) is 0 Å². The number of nitrogens with one attached hydrogen (secondary N) is 2. The van der Waals surface area contributed by atoms with E-state index in [1.807, 2.05) is 24.3 Å². The lowest BCUT2D eigenvalue weighted by Gasteiger charge is -2.21. The number of hydrogen-bond acceptors (Lipinski definition) is 4. The zero-order chi connectivity index (χ0) is 19.8. The quantitative estimate of drug-likeness (QED) is 0.527. The highest BCUT2D eigenvalue weighted by Gasteiger charge is 2.18. The minimum Gasteiger partial charge on any atom is -0.872 e. The van der Waals surface area contributed by atoms with Gasteiger partial charge in [0.15, 0.2) is 0 Å². The number of benzene rings is 2. The molecule has 0 spiro atoms. The molecule has 148 valence electrons. The van der Waals surface area contributed by atoms with Crippen molar-refractivity contribution in [1.29, 1.82) is 0 Å². The molecule has 4 aromatic rings. The van der Waals surface area contributed by atoms with Crippen LogP contribution in [0.5, 0.6) is 5.75 Å². The van der Waals surface area contributed by atoms with E-state index in [9.17, 15) is 9.90 Å². The molecule has 1 fully saturated rings. The summed E-state index contributed by atoms with van der Waals surface area (Å²) in [5.41, 5.74) is 2.58. The summed E-state index contributed by atoms with van der Waals surface area (Å²) in [6, 6.07) is 12.7. The van der Waals surface area contributed by atoms with Gasteiger partial charge in [-0.15, -0.1) is 0 Å². The van der Waals surface area contributed by atoms with E-state index in [2.05, 4.69) is 9.97 Å². The van der Waals surface area contributed by atoms with Crippen molar-refractivity contribution in [2.75, 3.05) is 13.1 Å². The van der Waals surface area contributed by atoms with Crippen molar-refractivity contribution in [2.45, 2.75) is 32.2 Å². The van der Waals surface area contributed by atoms with Gasteiger partial charge in [-0.2, -0.15) is 0 Å². The number of hydrogen-bond donors (Lipinski definition) is 2. The summed E-state index contributed by atoms with van der Waals surface area (Å²) in [7, 11) is 0. The van der Waals surface area contributed by atoms with Gasteiger partial charge in [0, 0.05) is 10.9 Å². The Morgan fingerprint density at radius 3 is 2.66 bits per heavy atom. The fourth-order valence-corrected chi connectivity index (χ4v) is 4.29. The van der Waals surface area contributed by atoms with E-state index in [4.69, 9.17) is 4.42 Å². The summed E-state index contributed by atoms with van der Waals surface area (Å²) < 4.78 is 5.70. The van der Waals surface area contributed by atoms with E-state index in [-0.39, 0.29) is 5.75 Å². The molecule has 6 heteroatoms. The smallest absolute Gasteiger partial charge is 0.347 e. The highest BCUT2D eigenvalue weighted by Crippen LogP contribution is 2.27. The van der Waals surface area contributed by atoms with E-state index in [1.54, 1.807) is 18.2 Å². The third-order valence-electron chi connectivity index (χ3n) is 5.84. The largest absolute Gasteiger partial charge is 0.872 e. The van der Waals surface area contributed by atoms with Crippen LogP contribution in [0.25, 0.3) is 33.4 Å². The molecule has 1 aliphatic rings. The topological polar surface area (TPSA) is 86.4 Å². The van der Waals surface area contributed by atoms with Crippen LogP contribution >= 0.6 is 0 Å².